The first-order valence-electron chi connectivity index (χ1n) is 12.8. The van der Waals surface area contributed by atoms with E-state index in [1.165, 1.54) is 22.7 Å². The Morgan fingerprint density at radius 3 is 2.51 bits per heavy atom. The van der Waals surface area contributed by atoms with Crippen LogP contribution in [0.5, 0.6) is 0 Å². The topological polar surface area (TPSA) is 67.2 Å². The number of fused-ring (bicyclic) bond motifs is 1. The highest BCUT2D eigenvalue weighted by molar-refractivity contribution is 8.00. The quantitative estimate of drug-likeness (QED) is 0.282. The van der Waals surface area contributed by atoms with Crippen molar-refractivity contribution in [3.63, 3.8) is 0 Å². The first-order chi connectivity index (χ1) is 18.9. The fraction of sp³-hybridized carbons (Fsp3) is 0.233. The zero-order chi connectivity index (χ0) is 27.5. The second-order valence-corrected chi connectivity index (χ2v) is 10.9. The van der Waals surface area contributed by atoms with E-state index in [1.54, 1.807) is 28.9 Å². The molecule has 3 aromatic carbocycles. The summed E-state index contributed by atoms with van der Waals surface area (Å²) < 4.78 is 16.9. The molecule has 2 heterocycles. The number of anilines is 1. The minimum absolute atomic E-state index is 0.0482. The highest BCUT2D eigenvalue weighted by Gasteiger charge is 2.38. The van der Waals surface area contributed by atoms with E-state index in [-0.39, 0.29) is 36.0 Å². The number of amides is 2. The van der Waals surface area contributed by atoms with E-state index < -0.39 is 5.25 Å². The third-order valence-electron chi connectivity index (χ3n) is 6.73. The van der Waals surface area contributed by atoms with Gasteiger partial charge in [-0.25, -0.2) is 9.07 Å². The van der Waals surface area contributed by atoms with Crippen LogP contribution in [-0.2, 0) is 9.59 Å². The Kier molecular flexibility index (Phi) is 8.04. The van der Waals surface area contributed by atoms with Crippen molar-refractivity contribution in [3.8, 4) is 16.9 Å². The van der Waals surface area contributed by atoms with Crippen molar-refractivity contribution < 1.29 is 14.0 Å². The highest BCUT2D eigenvalue weighted by atomic mass is 35.5. The van der Waals surface area contributed by atoms with Crippen LogP contribution < -0.4 is 10.2 Å². The van der Waals surface area contributed by atoms with Gasteiger partial charge in [-0.1, -0.05) is 79.2 Å². The Hall–Kier alpha value is -3.62. The molecule has 2 atom stereocenters. The van der Waals surface area contributed by atoms with E-state index >= 15 is 4.39 Å². The number of benzene rings is 3. The zero-order valence-corrected chi connectivity index (χ0v) is 23.2. The van der Waals surface area contributed by atoms with Crippen LogP contribution in [0.3, 0.4) is 0 Å². The van der Waals surface area contributed by atoms with Crippen LogP contribution >= 0.6 is 23.4 Å². The van der Waals surface area contributed by atoms with E-state index in [1.807, 2.05) is 62.4 Å². The minimum Gasteiger partial charge on any atom is -0.352 e. The molecule has 4 aromatic rings. The zero-order valence-electron chi connectivity index (χ0n) is 21.6. The van der Waals surface area contributed by atoms with E-state index in [4.69, 9.17) is 16.7 Å². The molecule has 2 amide bonds. The number of thioether (sulfide) groups is 1. The van der Waals surface area contributed by atoms with Crippen LogP contribution in [0.4, 0.5) is 10.2 Å². The van der Waals surface area contributed by atoms with Crippen molar-refractivity contribution in [2.24, 2.45) is 0 Å². The molecule has 6 nitrogen and oxygen atoms in total. The lowest BCUT2D eigenvalue weighted by Crippen LogP contribution is -2.44. The Bertz CT molecular complexity index is 1510. The molecule has 9 heteroatoms. The summed E-state index contributed by atoms with van der Waals surface area (Å²) in [5.74, 6) is -0.468. The molecule has 0 aliphatic carbocycles. The summed E-state index contributed by atoms with van der Waals surface area (Å²) in [6, 6.07) is 23.3. The summed E-state index contributed by atoms with van der Waals surface area (Å²) >= 11 is 7.97. The van der Waals surface area contributed by atoms with Crippen molar-refractivity contribution in [3.05, 3.63) is 101 Å². The molecule has 1 aromatic heterocycles. The summed E-state index contributed by atoms with van der Waals surface area (Å²) in [4.78, 5) is 28.3. The Morgan fingerprint density at radius 1 is 1.10 bits per heavy atom. The molecule has 0 spiro atoms. The molecule has 0 fully saturated rings. The maximum absolute atomic E-state index is 15.3. The summed E-state index contributed by atoms with van der Waals surface area (Å²) in [6.45, 7) is 3.69. The number of aromatic nitrogens is 2. The molecule has 0 radical (unpaired) electrons. The van der Waals surface area contributed by atoms with Crippen molar-refractivity contribution in [2.45, 2.75) is 31.6 Å². The van der Waals surface area contributed by atoms with Gasteiger partial charge in [-0.2, -0.15) is 5.10 Å². The minimum atomic E-state index is -0.556. The van der Waals surface area contributed by atoms with Gasteiger partial charge in [0.25, 0.3) is 0 Å². The standard InChI is InChI=1S/C30H28ClFN4O2S/c1-3-19(2)33-25(37)17-35-26(38)18-39-29(21-13-7-9-15-23(21)32)27-28(20-11-5-4-6-12-20)34-36(30(27)35)24-16-10-8-14-22(24)31/h4-16,19,29H,3,17-18H2,1-2H3,(H,33,37). The first-order valence-corrected chi connectivity index (χ1v) is 14.2. The lowest BCUT2D eigenvalue weighted by atomic mass is 9.99. The Morgan fingerprint density at radius 2 is 1.79 bits per heavy atom. The van der Waals surface area contributed by atoms with Crippen molar-refractivity contribution in [1.29, 1.82) is 0 Å². The molecule has 0 bridgehead atoms. The van der Waals surface area contributed by atoms with Crippen molar-refractivity contribution in [2.75, 3.05) is 17.2 Å². The van der Waals surface area contributed by atoms with Crippen LogP contribution in [-0.4, -0.2) is 39.9 Å². The largest absolute Gasteiger partial charge is 0.352 e. The van der Waals surface area contributed by atoms with Crippen LogP contribution in [0.15, 0.2) is 78.9 Å². The normalized spacial score (nSPS) is 15.9. The summed E-state index contributed by atoms with van der Waals surface area (Å²) in [7, 11) is 0. The third kappa shape index (κ3) is 5.44. The van der Waals surface area contributed by atoms with E-state index in [0.29, 0.717) is 33.3 Å². The van der Waals surface area contributed by atoms with E-state index in [9.17, 15) is 9.59 Å². The first kappa shape index (κ1) is 27.0. The molecule has 39 heavy (non-hydrogen) atoms. The summed E-state index contributed by atoms with van der Waals surface area (Å²) in [6.07, 6.45) is 0.756. The predicted octanol–water partition coefficient (Wildman–Crippen LogP) is 6.42. The van der Waals surface area contributed by atoms with Gasteiger partial charge in [-0.3, -0.25) is 14.5 Å². The maximum Gasteiger partial charge on any atom is 0.240 e. The second-order valence-electron chi connectivity index (χ2n) is 9.38. The average Bonchev–Trinajstić information content (AvgIpc) is 3.26. The molecule has 200 valence electrons. The molecule has 0 saturated carbocycles. The average molecular weight is 563 g/mol. The lowest BCUT2D eigenvalue weighted by molar-refractivity contribution is -0.123. The number of carbonyl (C=O) groups excluding carboxylic acids is 2. The van der Waals surface area contributed by atoms with Gasteiger partial charge in [0.1, 0.15) is 18.2 Å². The van der Waals surface area contributed by atoms with Gasteiger partial charge in [0.15, 0.2) is 0 Å². The predicted molar refractivity (Wildman–Crippen MR) is 155 cm³/mol. The summed E-state index contributed by atoms with van der Waals surface area (Å²) in [5, 5.41) is 7.81. The van der Waals surface area contributed by atoms with Gasteiger partial charge in [0, 0.05) is 22.7 Å². The fourth-order valence-electron chi connectivity index (χ4n) is 4.62. The number of para-hydroxylation sites is 1. The Labute approximate surface area is 236 Å². The molecule has 1 N–H and O–H groups in total. The van der Waals surface area contributed by atoms with Gasteiger partial charge in [-0.15, -0.1) is 11.8 Å². The SMILES string of the molecule is CCC(C)NC(=O)CN1C(=O)CSC(c2ccccc2F)c2c(-c3ccccc3)nn(-c3ccccc3Cl)c21. The lowest BCUT2D eigenvalue weighted by Gasteiger charge is -2.24. The van der Waals surface area contributed by atoms with Crippen molar-refractivity contribution in [1.82, 2.24) is 15.1 Å². The van der Waals surface area contributed by atoms with Crippen LogP contribution in [0, 0.1) is 5.82 Å². The fourth-order valence-corrected chi connectivity index (χ4v) is 6.05. The van der Waals surface area contributed by atoms with Crippen molar-refractivity contribution >= 4 is 41.0 Å². The van der Waals surface area contributed by atoms with Crippen LogP contribution in [0.1, 0.15) is 36.6 Å². The smallest absolute Gasteiger partial charge is 0.240 e. The van der Waals surface area contributed by atoms with E-state index in [2.05, 4.69) is 5.32 Å². The third-order valence-corrected chi connectivity index (χ3v) is 8.28. The van der Waals surface area contributed by atoms with Gasteiger partial charge in [-0.05, 0) is 31.5 Å². The van der Waals surface area contributed by atoms with Gasteiger partial charge < -0.3 is 5.32 Å². The van der Waals surface area contributed by atoms with Gasteiger partial charge in [0.2, 0.25) is 11.8 Å². The monoisotopic (exact) mass is 562 g/mol. The molecule has 1 aliphatic heterocycles. The van der Waals surface area contributed by atoms with Gasteiger partial charge >= 0.3 is 0 Å². The number of hydrogen-bond acceptors (Lipinski definition) is 4. The second kappa shape index (κ2) is 11.6. The maximum atomic E-state index is 15.3. The molecule has 0 saturated heterocycles. The number of carbonyl (C=O) groups is 2. The van der Waals surface area contributed by atoms with E-state index in [0.717, 1.165) is 12.0 Å². The molecular weight excluding hydrogens is 535 g/mol. The number of rotatable bonds is 7. The molecule has 1 aliphatic rings. The molecule has 5 rings (SSSR count). The molecular formula is C30H28ClFN4O2S. The number of halogens is 2. The number of hydrogen-bond donors (Lipinski definition) is 1. The Balaban J connectivity index is 1.80. The van der Waals surface area contributed by atoms with Crippen LogP contribution in [0.25, 0.3) is 16.9 Å². The number of nitrogens with one attached hydrogen (secondary N) is 1. The van der Waals surface area contributed by atoms with Gasteiger partial charge in [0.05, 0.1) is 27.4 Å². The van der Waals surface area contributed by atoms with Crippen LogP contribution in [0.2, 0.25) is 5.02 Å². The summed E-state index contributed by atoms with van der Waals surface area (Å²) in [5.41, 5.74) is 3.04. The molecule has 2 unspecified atom stereocenters. The highest BCUT2D eigenvalue weighted by Crippen LogP contribution is 2.49. The number of nitrogens with zero attached hydrogens (tertiary/aromatic N) is 3.